The van der Waals surface area contributed by atoms with Crippen molar-refractivity contribution in [2.24, 2.45) is 7.05 Å². The normalized spacial score (nSPS) is 17.8. The van der Waals surface area contributed by atoms with Crippen LogP contribution >= 0.6 is 0 Å². The van der Waals surface area contributed by atoms with Gasteiger partial charge in [-0.15, -0.1) is 10.2 Å². The van der Waals surface area contributed by atoms with Crippen LogP contribution in [0.25, 0.3) is 0 Å². The van der Waals surface area contributed by atoms with Gasteiger partial charge in [0.05, 0.1) is 30.7 Å². The Morgan fingerprint density at radius 1 is 1.20 bits per heavy atom. The molecule has 1 atom stereocenters. The zero-order chi connectivity index (χ0) is 25.1. The van der Waals surface area contributed by atoms with E-state index in [1.165, 1.54) is 21.9 Å². The first-order chi connectivity index (χ1) is 16.5. The number of fused-ring (bicyclic) bond motifs is 1. The maximum absolute atomic E-state index is 15.7. The largest absolute Gasteiger partial charge is 0.416 e. The molecule has 182 valence electrons. The van der Waals surface area contributed by atoms with Crippen molar-refractivity contribution >= 4 is 17.4 Å². The summed E-state index contributed by atoms with van der Waals surface area (Å²) in [7, 11) is 1.62. The van der Waals surface area contributed by atoms with E-state index < -0.39 is 35.0 Å². The third kappa shape index (κ3) is 3.61. The number of hydrogen-bond acceptors (Lipinski definition) is 5. The summed E-state index contributed by atoms with van der Waals surface area (Å²) in [5, 5.41) is 7.60. The highest BCUT2D eigenvalue weighted by atomic mass is 19.4. The number of benzene rings is 2. The van der Waals surface area contributed by atoms with Gasteiger partial charge in [0.15, 0.2) is 17.8 Å². The molecule has 7 nitrogen and oxygen atoms in total. The minimum absolute atomic E-state index is 0.0683. The second-order valence-electron chi connectivity index (χ2n) is 8.86. The molecule has 0 unspecified atom stereocenters. The van der Waals surface area contributed by atoms with Gasteiger partial charge in [0.1, 0.15) is 6.33 Å². The molecular formula is C24H20F4N4O3. The van der Waals surface area contributed by atoms with E-state index >= 15 is 4.39 Å². The number of halogens is 4. The van der Waals surface area contributed by atoms with E-state index in [2.05, 4.69) is 10.2 Å². The Morgan fingerprint density at radius 3 is 2.51 bits per heavy atom. The molecule has 0 bridgehead atoms. The van der Waals surface area contributed by atoms with Crippen molar-refractivity contribution in [2.75, 3.05) is 18.1 Å². The minimum atomic E-state index is -4.74. The quantitative estimate of drug-likeness (QED) is 0.398. The number of nitrogens with zero attached hydrogens (tertiary/aromatic N) is 4. The van der Waals surface area contributed by atoms with Gasteiger partial charge in [-0.3, -0.25) is 9.59 Å². The number of aromatic nitrogens is 3. The molecule has 0 saturated carbocycles. The SMILES string of the molecule is CC(=O)c1cc2c(c(C(F)(F)F)c1)CN(c1cccc(C3([C@H](F)c4nncn4C)COC3)c1)C2=O. The van der Waals surface area contributed by atoms with Crippen LogP contribution in [-0.2, 0) is 29.9 Å². The van der Waals surface area contributed by atoms with Gasteiger partial charge in [0.25, 0.3) is 5.91 Å². The first kappa shape index (κ1) is 23.2. The number of aryl methyl sites for hydroxylation is 1. The van der Waals surface area contributed by atoms with E-state index in [0.29, 0.717) is 11.3 Å². The predicted octanol–water partition coefficient (Wildman–Crippen LogP) is 4.18. The number of rotatable bonds is 5. The molecule has 3 aromatic rings. The van der Waals surface area contributed by atoms with Crippen LogP contribution in [0.1, 0.15) is 56.3 Å². The Labute approximate surface area is 197 Å². The molecule has 2 aliphatic heterocycles. The average Bonchev–Trinajstić information content (AvgIpc) is 3.35. The summed E-state index contributed by atoms with van der Waals surface area (Å²) in [5.74, 6) is -1.11. The van der Waals surface area contributed by atoms with Crippen molar-refractivity contribution in [1.29, 1.82) is 0 Å². The lowest BCUT2D eigenvalue weighted by atomic mass is 9.74. The average molecular weight is 488 g/mol. The van der Waals surface area contributed by atoms with E-state index in [0.717, 1.165) is 13.0 Å². The Kier molecular flexibility index (Phi) is 5.28. The number of anilines is 1. The maximum Gasteiger partial charge on any atom is 0.416 e. The second-order valence-corrected chi connectivity index (χ2v) is 8.86. The molecule has 0 N–H and O–H groups in total. The Morgan fingerprint density at radius 2 is 1.94 bits per heavy atom. The lowest BCUT2D eigenvalue weighted by Crippen LogP contribution is -2.50. The molecular weight excluding hydrogens is 468 g/mol. The van der Waals surface area contributed by atoms with Crippen molar-refractivity contribution in [3.05, 3.63) is 76.4 Å². The van der Waals surface area contributed by atoms with Crippen molar-refractivity contribution in [3.63, 3.8) is 0 Å². The molecule has 1 amide bonds. The van der Waals surface area contributed by atoms with Crippen LogP contribution in [0, 0.1) is 0 Å². The molecule has 0 aliphatic carbocycles. The smallest absolute Gasteiger partial charge is 0.379 e. The molecule has 35 heavy (non-hydrogen) atoms. The summed E-state index contributed by atoms with van der Waals surface area (Å²) in [6.45, 7) is 0.960. The van der Waals surface area contributed by atoms with Gasteiger partial charge in [-0.25, -0.2) is 4.39 Å². The zero-order valence-electron chi connectivity index (χ0n) is 18.8. The van der Waals surface area contributed by atoms with Gasteiger partial charge in [-0.2, -0.15) is 13.2 Å². The fraction of sp³-hybridized carbons (Fsp3) is 0.333. The van der Waals surface area contributed by atoms with Crippen molar-refractivity contribution in [1.82, 2.24) is 14.8 Å². The van der Waals surface area contributed by atoms with Crippen LogP contribution in [0.5, 0.6) is 0 Å². The molecule has 1 aromatic heterocycles. The van der Waals surface area contributed by atoms with Crippen molar-refractivity contribution in [2.45, 2.75) is 31.2 Å². The number of amides is 1. The standard InChI is InChI=1S/C24H20F4N4O3/c1-13(33)14-6-17-18(19(7-14)24(26,27)28)9-32(22(17)34)16-5-3-4-15(8-16)23(10-35-11-23)20(25)21-30-29-12-31(21)2/h3-8,12,20H,9-11H2,1-2H3/t20-/m1/s1. The number of hydrogen-bond donors (Lipinski definition) is 0. The number of ether oxygens (including phenoxy) is 1. The molecule has 3 heterocycles. The summed E-state index contributed by atoms with van der Waals surface area (Å²) in [4.78, 5) is 26.2. The Balaban J connectivity index is 1.54. The first-order valence-electron chi connectivity index (χ1n) is 10.8. The van der Waals surface area contributed by atoms with E-state index in [1.54, 1.807) is 31.3 Å². The molecule has 1 fully saturated rings. The minimum Gasteiger partial charge on any atom is -0.379 e. The Hall–Kier alpha value is -3.60. The number of ketones is 1. The number of carbonyl (C=O) groups excluding carboxylic acids is 2. The summed E-state index contributed by atoms with van der Waals surface area (Å²) >= 11 is 0. The maximum atomic E-state index is 15.7. The molecule has 1 saturated heterocycles. The first-order valence-corrected chi connectivity index (χ1v) is 10.8. The third-order valence-corrected chi connectivity index (χ3v) is 6.66. The summed E-state index contributed by atoms with van der Waals surface area (Å²) < 4.78 is 63.8. The van der Waals surface area contributed by atoms with E-state index in [1.807, 2.05) is 0 Å². The second kappa shape index (κ2) is 7.98. The van der Waals surface area contributed by atoms with Crippen LogP contribution in [-0.4, -0.2) is 39.7 Å². The highest BCUT2D eigenvalue weighted by Gasteiger charge is 2.51. The van der Waals surface area contributed by atoms with Crippen LogP contribution in [0.3, 0.4) is 0 Å². The number of alkyl halides is 4. The fourth-order valence-electron chi connectivity index (χ4n) is 4.61. The van der Waals surface area contributed by atoms with E-state index in [9.17, 15) is 22.8 Å². The zero-order valence-corrected chi connectivity index (χ0v) is 18.8. The Bertz CT molecular complexity index is 1350. The van der Waals surface area contributed by atoms with Gasteiger partial charge in [0.2, 0.25) is 0 Å². The van der Waals surface area contributed by atoms with Crippen LogP contribution in [0.4, 0.5) is 23.2 Å². The lowest BCUT2D eigenvalue weighted by molar-refractivity contribution is -0.138. The summed E-state index contributed by atoms with van der Waals surface area (Å²) in [6.07, 6.45) is -4.90. The molecule has 0 radical (unpaired) electrons. The van der Waals surface area contributed by atoms with E-state index in [4.69, 9.17) is 4.74 Å². The number of carbonyl (C=O) groups is 2. The molecule has 2 aromatic carbocycles. The highest BCUT2D eigenvalue weighted by Crippen LogP contribution is 2.46. The fourth-order valence-corrected chi connectivity index (χ4v) is 4.61. The topological polar surface area (TPSA) is 77.3 Å². The van der Waals surface area contributed by atoms with Gasteiger partial charge < -0.3 is 14.2 Å². The van der Waals surface area contributed by atoms with Crippen LogP contribution in [0.15, 0.2) is 42.7 Å². The van der Waals surface area contributed by atoms with E-state index in [-0.39, 0.29) is 42.3 Å². The summed E-state index contributed by atoms with van der Waals surface area (Å²) in [6, 6.07) is 8.47. The highest BCUT2D eigenvalue weighted by molar-refractivity contribution is 6.11. The number of Topliss-reactive ketones (excluding diaryl/α,β-unsaturated/α-hetero) is 1. The van der Waals surface area contributed by atoms with Gasteiger partial charge in [-0.05, 0) is 42.3 Å². The van der Waals surface area contributed by atoms with Crippen LogP contribution < -0.4 is 4.90 Å². The molecule has 11 heteroatoms. The van der Waals surface area contributed by atoms with Crippen molar-refractivity contribution < 1.29 is 31.9 Å². The van der Waals surface area contributed by atoms with Gasteiger partial charge in [-0.1, -0.05) is 12.1 Å². The van der Waals surface area contributed by atoms with Gasteiger partial charge >= 0.3 is 6.18 Å². The predicted molar refractivity (Wildman–Crippen MR) is 116 cm³/mol. The lowest BCUT2D eigenvalue weighted by Gasteiger charge is -2.43. The molecule has 0 spiro atoms. The molecule has 5 rings (SSSR count). The van der Waals surface area contributed by atoms with Gasteiger partial charge in [0, 0.05) is 23.9 Å². The van der Waals surface area contributed by atoms with Crippen LogP contribution in [0.2, 0.25) is 0 Å². The summed E-state index contributed by atoms with van der Waals surface area (Å²) in [5.41, 5.74) is -1.79. The van der Waals surface area contributed by atoms with Crippen molar-refractivity contribution in [3.8, 4) is 0 Å². The third-order valence-electron chi connectivity index (χ3n) is 6.66. The molecule has 2 aliphatic rings. The monoisotopic (exact) mass is 488 g/mol.